The minimum Gasteiger partial charge on any atom is -0.0975 e. The van der Waals surface area contributed by atoms with Gasteiger partial charge in [-0.25, -0.2) is 0 Å². The molecule has 0 aliphatic carbocycles. The van der Waals surface area contributed by atoms with Gasteiger partial charge in [0.25, 0.3) is 0 Å². The molecule has 62 valence electrons. The summed E-state index contributed by atoms with van der Waals surface area (Å²) >= 11 is 11.4. The van der Waals surface area contributed by atoms with Crippen molar-refractivity contribution in [3.8, 4) is 0 Å². The molecule has 0 saturated carbocycles. The van der Waals surface area contributed by atoms with Crippen LogP contribution in [0.3, 0.4) is 0 Å². The van der Waals surface area contributed by atoms with Gasteiger partial charge in [0.05, 0.1) is 10.1 Å². The first-order chi connectivity index (χ1) is 5.22. The van der Waals surface area contributed by atoms with Gasteiger partial charge < -0.3 is 0 Å². The van der Waals surface area contributed by atoms with Crippen LogP contribution >= 0.6 is 23.2 Å². The van der Waals surface area contributed by atoms with Gasteiger partial charge in [-0.15, -0.1) is 0 Å². The molecular formula is C9H12Cl2. The molecule has 0 saturated heterocycles. The van der Waals surface area contributed by atoms with E-state index < -0.39 is 0 Å². The van der Waals surface area contributed by atoms with Gasteiger partial charge in [-0.1, -0.05) is 49.2 Å². The Balaban J connectivity index is 4.03. The summed E-state index contributed by atoms with van der Waals surface area (Å²) in [6.07, 6.45) is 7.47. The highest BCUT2D eigenvalue weighted by atomic mass is 35.5. The van der Waals surface area contributed by atoms with Crippen molar-refractivity contribution >= 4 is 23.2 Å². The lowest BCUT2D eigenvalue weighted by molar-refractivity contribution is 0.958. The summed E-state index contributed by atoms with van der Waals surface area (Å²) in [7, 11) is 0. The molecule has 0 heterocycles. The summed E-state index contributed by atoms with van der Waals surface area (Å²) in [6.45, 7) is 5.61. The van der Waals surface area contributed by atoms with E-state index in [2.05, 4.69) is 13.5 Å². The zero-order chi connectivity index (χ0) is 8.69. The fraction of sp³-hybridized carbons (Fsp3) is 0.333. The van der Waals surface area contributed by atoms with Crippen LogP contribution in [0.2, 0.25) is 0 Å². The number of hydrogen-bond acceptors (Lipinski definition) is 0. The van der Waals surface area contributed by atoms with Crippen LogP contribution in [-0.2, 0) is 0 Å². The normalized spacial score (nSPS) is 13.4. The molecule has 2 heteroatoms. The van der Waals surface area contributed by atoms with E-state index in [1.807, 2.05) is 6.08 Å². The molecule has 0 aromatic rings. The maximum absolute atomic E-state index is 5.76. The third-order valence-electron chi connectivity index (χ3n) is 1.13. The number of allylic oxidation sites excluding steroid dienone is 5. The first-order valence-electron chi connectivity index (χ1n) is 3.56. The lowest BCUT2D eigenvalue weighted by Crippen LogP contribution is -1.68. The molecule has 0 N–H and O–H groups in total. The van der Waals surface area contributed by atoms with Gasteiger partial charge >= 0.3 is 0 Å². The van der Waals surface area contributed by atoms with Crippen LogP contribution in [0, 0.1) is 0 Å². The number of unbranched alkanes of at least 4 members (excludes halogenated alkanes) is 1. The highest BCUT2D eigenvalue weighted by Gasteiger charge is 1.90. The molecule has 0 nitrogen and oxygen atoms in total. The molecule has 0 spiro atoms. The van der Waals surface area contributed by atoms with Gasteiger partial charge in [-0.05, 0) is 18.6 Å². The molecule has 0 unspecified atom stereocenters. The van der Waals surface area contributed by atoms with E-state index in [1.165, 1.54) is 6.08 Å². The fourth-order valence-electron chi connectivity index (χ4n) is 0.531. The molecule has 0 rings (SSSR count). The summed E-state index contributed by atoms with van der Waals surface area (Å²) in [6, 6.07) is 0. The first kappa shape index (κ1) is 10.8. The van der Waals surface area contributed by atoms with Crippen molar-refractivity contribution < 1.29 is 0 Å². The van der Waals surface area contributed by atoms with Crippen molar-refractivity contribution in [1.82, 2.24) is 0 Å². The minimum atomic E-state index is 0.499. The second kappa shape index (κ2) is 6.51. The van der Waals surface area contributed by atoms with Gasteiger partial charge in [-0.3, -0.25) is 0 Å². The SMILES string of the molecule is C=C/C(Cl)=C(Cl)\C=C/CCC. The molecule has 0 aromatic heterocycles. The molecule has 0 fully saturated rings. The van der Waals surface area contributed by atoms with E-state index in [9.17, 15) is 0 Å². The predicted molar refractivity (Wildman–Crippen MR) is 53.0 cm³/mol. The molecule has 0 radical (unpaired) electrons. The lowest BCUT2D eigenvalue weighted by Gasteiger charge is -1.90. The van der Waals surface area contributed by atoms with Crippen LogP contribution in [0.5, 0.6) is 0 Å². The quantitative estimate of drug-likeness (QED) is 0.583. The summed E-state index contributed by atoms with van der Waals surface area (Å²) in [5.74, 6) is 0. The molecule has 0 aliphatic rings. The average molecular weight is 191 g/mol. The smallest absolute Gasteiger partial charge is 0.0588 e. The Morgan fingerprint density at radius 1 is 1.36 bits per heavy atom. The Hall–Kier alpha value is -0.200. The van der Waals surface area contributed by atoms with Crippen molar-refractivity contribution in [2.75, 3.05) is 0 Å². The summed E-state index contributed by atoms with van der Waals surface area (Å²) < 4.78 is 0. The van der Waals surface area contributed by atoms with Crippen LogP contribution in [0.4, 0.5) is 0 Å². The van der Waals surface area contributed by atoms with Gasteiger partial charge in [0, 0.05) is 0 Å². The molecule has 0 aromatic carbocycles. The molecule has 0 amide bonds. The van der Waals surface area contributed by atoms with Gasteiger partial charge in [0.1, 0.15) is 0 Å². The monoisotopic (exact) mass is 190 g/mol. The van der Waals surface area contributed by atoms with Crippen LogP contribution in [-0.4, -0.2) is 0 Å². The van der Waals surface area contributed by atoms with Crippen molar-refractivity contribution in [2.24, 2.45) is 0 Å². The van der Waals surface area contributed by atoms with E-state index in [-0.39, 0.29) is 0 Å². The predicted octanol–water partition coefficient (Wildman–Crippen LogP) is 4.22. The van der Waals surface area contributed by atoms with Crippen molar-refractivity contribution in [3.05, 3.63) is 34.9 Å². The Morgan fingerprint density at radius 3 is 2.45 bits per heavy atom. The Bertz CT molecular complexity index is 178. The van der Waals surface area contributed by atoms with E-state index in [1.54, 1.807) is 6.08 Å². The Morgan fingerprint density at radius 2 is 2.00 bits per heavy atom. The van der Waals surface area contributed by atoms with Gasteiger partial charge in [0.15, 0.2) is 0 Å². The van der Waals surface area contributed by atoms with Crippen LogP contribution in [0.15, 0.2) is 34.9 Å². The second-order valence-electron chi connectivity index (χ2n) is 2.09. The third-order valence-corrected chi connectivity index (χ3v) is 1.91. The van der Waals surface area contributed by atoms with E-state index in [4.69, 9.17) is 23.2 Å². The van der Waals surface area contributed by atoms with Crippen molar-refractivity contribution in [2.45, 2.75) is 19.8 Å². The number of hydrogen-bond donors (Lipinski definition) is 0. The topological polar surface area (TPSA) is 0 Å². The fourth-order valence-corrected chi connectivity index (χ4v) is 0.760. The molecule has 0 aliphatic heterocycles. The van der Waals surface area contributed by atoms with E-state index in [0.717, 1.165) is 12.8 Å². The van der Waals surface area contributed by atoms with Crippen molar-refractivity contribution in [3.63, 3.8) is 0 Å². The molecular weight excluding hydrogens is 179 g/mol. The maximum atomic E-state index is 5.76. The summed E-state index contributed by atoms with van der Waals surface area (Å²) in [5.41, 5.74) is 0. The van der Waals surface area contributed by atoms with E-state index >= 15 is 0 Å². The highest BCUT2D eigenvalue weighted by Crippen LogP contribution is 2.15. The molecule has 11 heavy (non-hydrogen) atoms. The Kier molecular flexibility index (Phi) is 6.39. The van der Waals surface area contributed by atoms with Crippen LogP contribution in [0.25, 0.3) is 0 Å². The zero-order valence-electron chi connectivity index (χ0n) is 6.61. The minimum absolute atomic E-state index is 0.499. The summed E-state index contributed by atoms with van der Waals surface area (Å²) in [5, 5.41) is 1.05. The third kappa shape index (κ3) is 5.11. The molecule has 0 bridgehead atoms. The first-order valence-corrected chi connectivity index (χ1v) is 4.32. The highest BCUT2D eigenvalue weighted by molar-refractivity contribution is 6.41. The largest absolute Gasteiger partial charge is 0.0975 e. The lowest BCUT2D eigenvalue weighted by atomic mass is 10.3. The standard InChI is InChI=1S/C9H12Cl2/c1-3-5-6-7-9(11)8(10)4-2/h4,6-7H,2-3,5H2,1H3/b7-6-,9-8-. The van der Waals surface area contributed by atoms with Crippen LogP contribution in [0.1, 0.15) is 19.8 Å². The number of halogens is 2. The average Bonchev–Trinajstić information content (AvgIpc) is 2.03. The Labute approximate surface area is 78.2 Å². The number of rotatable bonds is 4. The zero-order valence-corrected chi connectivity index (χ0v) is 8.12. The van der Waals surface area contributed by atoms with Gasteiger partial charge in [-0.2, -0.15) is 0 Å². The van der Waals surface area contributed by atoms with Crippen LogP contribution < -0.4 is 0 Å². The second-order valence-corrected chi connectivity index (χ2v) is 2.91. The molecule has 0 atom stereocenters. The maximum Gasteiger partial charge on any atom is 0.0588 e. The van der Waals surface area contributed by atoms with E-state index in [0.29, 0.717) is 10.1 Å². The van der Waals surface area contributed by atoms with Crippen molar-refractivity contribution in [1.29, 1.82) is 0 Å². The van der Waals surface area contributed by atoms with Gasteiger partial charge in [0.2, 0.25) is 0 Å². The summed E-state index contributed by atoms with van der Waals surface area (Å²) in [4.78, 5) is 0.